The molecule has 0 spiro atoms. The summed E-state index contributed by atoms with van der Waals surface area (Å²) in [7, 11) is 0. The van der Waals surface area contributed by atoms with Crippen LogP contribution in [-0.4, -0.2) is 4.98 Å². The van der Waals surface area contributed by atoms with Gasteiger partial charge in [-0.25, -0.2) is 0 Å². The molecule has 0 aliphatic carbocycles. The molecule has 2 nitrogen and oxygen atoms in total. The predicted molar refractivity (Wildman–Crippen MR) is 58.9 cm³/mol. The standard InChI is InChI=1S/C10H8ClNOS/c11-6-8-9(12-10(14)13-8)7-4-2-1-3-5-7/h1-5H,6H2,(H,12,14). The van der Waals surface area contributed by atoms with Gasteiger partial charge in [0.25, 0.3) is 4.84 Å². The molecule has 0 saturated heterocycles. The van der Waals surface area contributed by atoms with E-state index < -0.39 is 0 Å². The highest BCUT2D eigenvalue weighted by molar-refractivity contribution is 7.71. The van der Waals surface area contributed by atoms with Crippen molar-refractivity contribution in [3.63, 3.8) is 0 Å². The molecule has 0 fully saturated rings. The maximum absolute atomic E-state index is 5.74. The van der Waals surface area contributed by atoms with Gasteiger partial charge in [-0.1, -0.05) is 30.3 Å². The van der Waals surface area contributed by atoms with Gasteiger partial charge in [0.05, 0.1) is 11.6 Å². The maximum Gasteiger partial charge on any atom is 0.266 e. The molecule has 0 saturated carbocycles. The summed E-state index contributed by atoms with van der Waals surface area (Å²) in [6, 6.07) is 9.82. The van der Waals surface area contributed by atoms with Crippen molar-refractivity contribution in [3.05, 3.63) is 40.9 Å². The molecule has 2 aromatic rings. The lowest BCUT2D eigenvalue weighted by Gasteiger charge is -1.97. The summed E-state index contributed by atoms with van der Waals surface area (Å²) in [5, 5.41) is 0. The monoisotopic (exact) mass is 225 g/mol. The first-order valence-electron chi connectivity index (χ1n) is 4.14. The summed E-state index contributed by atoms with van der Waals surface area (Å²) < 4.78 is 5.25. The van der Waals surface area contributed by atoms with Crippen LogP contribution in [0, 0.1) is 4.84 Å². The van der Waals surface area contributed by atoms with E-state index in [1.165, 1.54) is 0 Å². The van der Waals surface area contributed by atoms with Crippen molar-refractivity contribution < 1.29 is 4.42 Å². The van der Waals surface area contributed by atoms with E-state index in [2.05, 4.69) is 4.98 Å². The summed E-state index contributed by atoms with van der Waals surface area (Å²) in [6.45, 7) is 0. The number of benzene rings is 1. The van der Waals surface area contributed by atoms with Gasteiger partial charge < -0.3 is 9.40 Å². The third-order valence-electron chi connectivity index (χ3n) is 1.91. The molecule has 0 aliphatic heterocycles. The van der Waals surface area contributed by atoms with Crippen LogP contribution in [0.25, 0.3) is 11.3 Å². The molecular formula is C10H8ClNOS. The summed E-state index contributed by atoms with van der Waals surface area (Å²) in [5.74, 6) is 1.00. The Labute approximate surface area is 91.5 Å². The Kier molecular flexibility index (Phi) is 2.70. The molecule has 14 heavy (non-hydrogen) atoms. The number of alkyl halides is 1. The van der Waals surface area contributed by atoms with Crippen LogP contribution in [0.4, 0.5) is 0 Å². The van der Waals surface area contributed by atoms with Crippen LogP contribution < -0.4 is 0 Å². The smallest absolute Gasteiger partial charge is 0.266 e. The van der Waals surface area contributed by atoms with Crippen molar-refractivity contribution >= 4 is 23.8 Å². The molecule has 1 aromatic heterocycles. The van der Waals surface area contributed by atoms with Crippen molar-refractivity contribution in [2.24, 2.45) is 0 Å². The summed E-state index contributed by atoms with van der Waals surface area (Å²) in [5.41, 5.74) is 1.90. The van der Waals surface area contributed by atoms with Crippen molar-refractivity contribution in [1.82, 2.24) is 4.98 Å². The van der Waals surface area contributed by atoms with E-state index >= 15 is 0 Å². The third kappa shape index (κ3) is 1.74. The Morgan fingerprint density at radius 3 is 2.64 bits per heavy atom. The number of oxazole rings is 1. The highest BCUT2D eigenvalue weighted by atomic mass is 35.5. The van der Waals surface area contributed by atoms with Crippen molar-refractivity contribution in [2.75, 3.05) is 0 Å². The van der Waals surface area contributed by atoms with E-state index in [1.54, 1.807) is 0 Å². The number of hydrogen-bond acceptors (Lipinski definition) is 2. The van der Waals surface area contributed by atoms with Gasteiger partial charge in [-0.05, 0) is 12.2 Å². The Balaban J connectivity index is 2.56. The molecule has 2 rings (SSSR count). The lowest BCUT2D eigenvalue weighted by atomic mass is 10.1. The van der Waals surface area contributed by atoms with E-state index in [-0.39, 0.29) is 0 Å². The Bertz CT molecular complexity index is 474. The molecule has 4 heteroatoms. The van der Waals surface area contributed by atoms with E-state index in [0.29, 0.717) is 16.5 Å². The molecule has 0 radical (unpaired) electrons. The van der Waals surface area contributed by atoms with Crippen molar-refractivity contribution in [1.29, 1.82) is 0 Å². The molecule has 1 aromatic carbocycles. The fourth-order valence-electron chi connectivity index (χ4n) is 1.29. The Morgan fingerprint density at radius 1 is 1.29 bits per heavy atom. The lowest BCUT2D eigenvalue weighted by Crippen LogP contribution is -1.81. The highest BCUT2D eigenvalue weighted by Crippen LogP contribution is 2.23. The maximum atomic E-state index is 5.74. The first kappa shape index (κ1) is 9.49. The second-order valence-electron chi connectivity index (χ2n) is 2.81. The lowest BCUT2D eigenvalue weighted by molar-refractivity contribution is 0.507. The van der Waals surface area contributed by atoms with Gasteiger partial charge in [0, 0.05) is 5.56 Å². The fourth-order valence-corrected chi connectivity index (χ4v) is 1.68. The SMILES string of the molecule is S=c1[nH]c(-c2ccccc2)c(CCl)o1. The molecule has 0 atom stereocenters. The second-order valence-corrected chi connectivity index (χ2v) is 3.45. The highest BCUT2D eigenvalue weighted by Gasteiger charge is 2.08. The topological polar surface area (TPSA) is 28.9 Å². The normalized spacial score (nSPS) is 10.4. The largest absolute Gasteiger partial charge is 0.433 e. The summed E-state index contributed by atoms with van der Waals surface area (Å²) in [6.07, 6.45) is 0. The van der Waals surface area contributed by atoms with Gasteiger partial charge in [-0.2, -0.15) is 0 Å². The molecular weight excluding hydrogens is 218 g/mol. The zero-order valence-corrected chi connectivity index (χ0v) is 8.86. The van der Waals surface area contributed by atoms with E-state index in [9.17, 15) is 0 Å². The number of aromatic amines is 1. The first-order chi connectivity index (χ1) is 6.81. The second kappa shape index (κ2) is 3.98. The summed E-state index contributed by atoms with van der Waals surface area (Å²) in [4.78, 5) is 3.34. The van der Waals surface area contributed by atoms with E-state index in [1.807, 2.05) is 30.3 Å². The van der Waals surface area contributed by atoms with Crippen LogP contribution in [0.5, 0.6) is 0 Å². The molecule has 0 bridgehead atoms. The Hall–Kier alpha value is -1.06. The minimum absolute atomic E-state index is 0.317. The van der Waals surface area contributed by atoms with E-state index in [0.717, 1.165) is 11.3 Å². The van der Waals surface area contributed by atoms with Crippen LogP contribution in [0.3, 0.4) is 0 Å². The number of H-pyrrole nitrogens is 1. The van der Waals surface area contributed by atoms with Gasteiger partial charge >= 0.3 is 0 Å². The van der Waals surface area contributed by atoms with Gasteiger partial charge in [0.1, 0.15) is 5.76 Å². The third-order valence-corrected chi connectivity index (χ3v) is 2.33. The minimum atomic E-state index is 0.317. The first-order valence-corrected chi connectivity index (χ1v) is 5.09. The Morgan fingerprint density at radius 2 is 2.00 bits per heavy atom. The number of halogens is 1. The molecule has 0 unspecified atom stereocenters. The van der Waals surface area contributed by atoms with Gasteiger partial charge in [-0.3, -0.25) is 0 Å². The van der Waals surface area contributed by atoms with Crippen LogP contribution in [0.2, 0.25) is 0 Å². The van der Waals surface area contributed by atoms with Crippen LogP contribution in [-0.2, 0) is 5.88 Å². The molecule has 72 valence electrons. The fraction of sp³-hybridized carbons (Fsp3) is 0.100. The van der Waals surface area contributed by atoms with Gasteiger partial charge in [-0.15, -0.1) is 11.6 Å². The molecule has 0 aliphatic rings. The van der Waals surface area contributed by atoms with Crippen LogP contribution >= 0.6 is 23.8 Å². The van der Waals surface area contributed by atoms with Crippen LogP contribution in [0.15, 0.2) is 34.7 Å². The predicted octanol–water partition coefficient (Wildman–Crippen LogP) is 3.74. The number of nitrogens with one attached hydrogen (secondary N) is 1. The average Bonchev–Trinajstić information content (AvgIpc) is 2.61. The molecule has 1 heterocycles. The number of rotatable bonds is 2. The number of aromatic nitrogens is 1. The number of hydrogen-bond donors (Lipinski definition) is 1. The molecule has 0 amide bonds. The zero-order valence-electron chi connectivity index (χ0n) is 7.29. The van der Waals surface area contributed by atoms with Gasteiger partial charge in [0.2, 0.25) is 0 Å². The van der Waals surface area contributed by atoms with Gasteiger partial charge in [0.15, 0.2) is 0 Å². The average molecular weight is 226 g/mol. The van der Waals surface area contributed by atoms with Crippen molar-refractivity contribution in [3.8, 4) is 11.3 Å². The van der Waals surface area contributed by atoms with Crippen molar-refractivity contribution in [2.45, 2.75) is 5.88 Å². The van der Waals surface area contributed by atoms with Crippen LogP contribution in [0.1, 0.15) is 5.76 Å². The summed E-state index contributed by atoms with van der Waals surface area (Å²) >= 11 is 10.6. The van der Waals surface area contributed by atoms with E-state index in [4.69, 9.17) is 28.2 Å². The zero-order chi connectivity index (χ0) is 9.97. The quantitative estimate of drug-likeness (QED) is 0.623. The molecule has 1 N–H and O–H groups in total. The minimum Gasteiger partial charge on any atom is -0.433 e.